The number of rotatable bonds is 10. The van der Waals surface area contributed by atoms with Crippen LogP contribution in [0.4, 0.5) is 4.79 Å². The lowest BCUT2D eigenvalue weighted by Crippen LogP contribution is -2.51. The van der Waals surface area contributed by atoms with Crippen LogP contribution in [0.3, 0.4) is 0 Å². The van der Waals surface area contributed by atoms with Gasteiger partial charge in [-0.1, -0.05) is 72.8 Å². The van der Waals surface area contributed by atoms with E-state index in [1.165, 1.54) is 12.7 Å². The monoisotopic (exact) mass is 524 g/mol. The minimum atomic E-state index is -0.361. The van der Waals surface area contributed by atoms with E-state index in [1.807, 2.05) is 65.6 Å². The van der Waals surface area contributed by atoms with E-state index in [-0.39, 0.29) is 24.1 Å². The average molecular weight is 525 g/mol. The van der Waals surface area contributed by atoms with Crippen molar-refractivity contribution in [2.45, 2.75) is 57.2 Å². The summed E-state index contributed by atoms with van der Waals surface area (Å²) in [5.74, 6) is 0.412. The van der Waals surface area contributed by atoms with Crippen LogP contribution >= 0.6 is 0 Å². The molecule has 2 atom stereocenters. The number of benzene rings is 3. The molecule has 2 heterocycles. The third kappa shape index (κ3) is 6.33. The predicted molar refractivity (Wildman–Crippen MR) is 152 cm³/mol. The van der Waals surface area contributed by atoms with Gasteiger partial charge in [0.15, 0.2) is 0 Å². The number of nitrogens with one attached hydrogen (secondary N) is 1. The zero-order valence-electron chi connectivity index (χ0n) is 22.5. The summed E-state index contributed by atoms with van der Waals surface area (Å²) in [4.78, 5) is 28.1. The Labute approximate surface area is 230 Å². The molecule has 0 aromatic heterocycles. The molecular weight excluding hydrogens is 488 g/mol. The summed E-state index contributed by atoms with van der Waals surface area (Å²) >= 11 is 0. The standard InChI is InChI=1S/C33H36N2O4/c1-38-32(36)31-29(26-15-18-28(19-16-26)39-23-25-13-6-3-7-14-25)22-27-17-20-30(31)35(27)33(37)34-21-9-8-12-24-10-4-2-5-11-24/h2-7,10-11,13-16,18-19,27,30H,8-9,12,17,20-23H2,1H3,(H,34,37)/t27-,30+/m0/s1. The van der Waals surface area contributed by atoms with Crippen LogP contribution in [0.15, 0.2) is 90.5 Å². The highest BCUT2D eigenvalue weighted by molar-refractivity contribution is 6.01. The molecule has 0 spiro atoms. The molecule has 0 saturated carbocycles. The number of urea groups is 1. The Morgan fingerprint density at radius 3 is 2.26 bits per heavy atom. The van der Waals surface area contributed by atoms with Crippen LogP contribution in [0.1, 0.15) is 48.8 Å². The Bertz CT molecular complexity index is 1290. The Morgan fingerprint density at radius 1 is 0.872 bits per heavy atom. The molecule has 0 aliphatic carbocycles. The number of hydrogen-bond acceptors (Lipinski definition) is 4. The van der Waals surface area contributed by atoms with Gasteiger partial charge in [0.2, 0.25) is 0 Å². The number of nitrogens with zero attached hydrogens (tertiary/aromatic N) is 1. The molecule has 2 amide bonds. The van der Waals surface area contributed by atoms with Crippen molar-refractivity contribution in [1.82, 2.24) is 10.2 Å². The Hall–Kier alpha value is -4.06. The van der Waals surface area contributed by atoms with E-state index >= 15 is 0 Å². The van der Waals surface area contributed by atoms with Crippen LogP contribution in [-0.4, -0.2) is 42.6 Å². The molecule has 1 saturated heterocycles. The van der Waals surface area contributed by atoms with E-state index in [1.54, 1.807) is 0 Å². The highest BCUT2D eigenvalue weighted by Crippen LogP contribution is 2.43. The first-order chi connectivity index (χ1) is 19.1. The Kier molecular flexibility index (Phi) is 8.61. The zero-order valence-corrected chi connectivity index (χ0v) is 22.5. The van der Waals surface area contributed by atoms with Gasteiger partial charge in [-0.2, -0.15) is 0 Å². The number of methoxy groups -OCH3 is 1. The molecule has 1 N–H and O–H groups in total. The number of aryl methyl sites for hydroxylation is 1. The van der Waals surface area contributed by atoms with E-state index in [2.05, 4.69) is 29.6 Å². The van der Waals surface area contributed by atoms with E-state index in [9.17, 15) is 9.59 Å². The fourth-order valence-corrected chi connectivity index (χ4v) is 5.74. The van der Waals surface area contributed by atoms with Gasteiger partial charge < -0.3 is 19.7 Å². The van der Waals surface area contributed by atoms with Crippen molar-refractivity contribution < 1.29 is 19.1 Å². The first-order valence-electron chi connectivity index (χ1n) is 13.8. The van der Waals surface area contributed by atoms with Crippen molar-refractivity contribution in [3.63, 3.8) is 0 Å². The molecule has 1 fully saturated rings. The highest BCUT2D eigenvalue weighted by atomic mass is 16.5. The minimum Gasteiger partial charge on any atom is -0.489 e. The summed E-state index contributed by atoms with van der Waals surface area (Å²) in [6, 6.07) is 28.0. The van der Waals surface area contributed by atoms with Crippen LogP contribution in [0.5, 0.6) is 5.75 Å². The van der Waals surface area contributed by atoms with Gasteiger partial charge in [0, 0.05) is 12.6 Å². The number of esters is 1. The lowest BCUT2D eigenvalue weighted by molar-refractivity contribution is -0.136. The van der Waals surface area contributed by atoms with E-state index in [0.29, 0.717) is 25.1 Å². The molecule has 202 valence electrons. The summed E-state index contributed by atoms with van der Waals surface area (Å²) in [6.45, 7) is 1.12. The van der Waals surface area contributed by atoms with E-state index in [0.717, 1.165) is 54.6 Å². The zero-order chi connectivity index (χ0) is 27.0. The number of unbranched alkanes of at least 4 members (excludes halogenated alkanes) is 1. The second-order valence-corrected chi connectivity index (χ2v) is 10.2. The average Bonchev–Trinajstić information content (AvgIpc) is 3.30. The summed E-state index contributed by atoms with van der Waals surface area (Å²) in [5.41, 5.74) is 4.96. The maximum atomic E-state index is 13.2. The first kappa shape index (κ1) is 26.5. The van der Waals surface area contributed by atoms with Crippen LogP contribution in [-0.2, 0) is 22.6 Å². The van der Waals surface area contributed by atoms with Crippen LogP contribution in [0.2, 0.25) is 0 Å². The molecule has 0 radical (unpaired) electrons. The van der Waals surface area contributed by atoms with Crippen molar-refractivity contribution in [2.75, 3.05) is 13.7 Å². The van der Waals surface area contributed by atoms with Crippen molar-refractivity contribution >= 4 is 17.6 Å². The number of carbonyl (C=O) groups excluding carboxylic acids is 2. The molecule has 2 bridgehead atoms. The Morgan fingerprint density at radius 2 is 1.56 bits per heavy atom. The lowest BCUT2D eigenvalue weighted by atomic mass is 9.88. The van der Waals surface area contributed by atoms with Crippen molar-refractivity contribution in [2.24, 2.45) is 0 Å². The molecule has 3 aromatic carbocycles. The largest absolute Gasteiger partial charge is 0.489 e. The van der Waals surface area contributed by atoms with Gasteiger partial charge >= 0.3 is 12.0 Å². The van der Waals surface area contributed by atoms with Gasteiger partial charge in [0.1, 0.15) is 12.4 Å². The quantitative estimate of drug-likeness (QED) is 0.255. The molecular formula is C33H36N2O4. The second-order valence-electron chi connectivity index (χ2n) is 10.2. The molecule has 39 heavy (non-hydrogen) atoms. The smallest absolute Gasteiger partial charge is 0.336 e. The Balaban J connectivity index is 1.23. The maximum Gasteiger partial charge on any atom is 0.336 e. The normalized spacial score (nSPS) is 18.1. The molecule has 2 aliphatic rings. The fraction of sp³-hybridized carbons (Fsp3) is 0.333. The number of amides is 2. The van der Waals surface area contributed by atoms with Gasteiger partial charge in [-0.25, -0.2) is 9.59 Å². The molecule has 3 aromatic rings. The topological polar surface area (TPSA) is 67.9 Å². The first-order valence-corrected chi connectivity index (χ1v) is 13.8. The SMILES string of the molecule is COC(=O)C1=C(c2ccc(OCc3ccccc3)cc2)C[C@@H]2CC[C@H]1N2C(=O)NCCCCc1ccccc1. The highest BCUT2D eigenvalue weighted by Gasteiger charge is 2.46. The van der Waals surface area contributed by atoms with E-state index < -0.39 is 0 Å². The van der Waals surface area contributed by atoms with Crippen LogP contribution in [0.25, 0.3) is 5.57 Å². The van der Waals surface area contributed by atoms with Crippen molar-refractivity contribution in [3.05, 3.63) is 107 Å². The predicted octanol–water partition coefficient (Wildman–Crippen LogP) is 6.16. The van der Waals surface area contributed by atoms with Crippen LogP contribution < -0.4 is 10.1 Å². The molecule has 0 unspecified atom stereocenters. The van der Waals surface area contributed by atoms with Gasteiger partial charge in [-0.3, -0.25) is 0 Å². The third-order valence-corrected chi connectivity index (χ3v) is 7.70. The summed E-state index contributed by atoms with van der Waals surface area (Å²) in [5, 5.41) is 3.10. The summed E-state index contributed by atoms with van der Waals surface area (Å²) in [6.07, 6.45) is 5.19. The molecule has 2 aliphatic heterocycles. The lowest BCUT2D eigenvalue weighted by Gasteiger charge is -2.37. The van der Waals surface area contributed by atoms with Gasteiger partial charge in [0.25, 0.3) is 0 Å². The number of fused-ring (bicyclic) bond motifs is 2. The number of carbonyl (C=O) groups is 2. The number of ether oxygens (including phenoxy) is 2. The fourth-order valence-electron chi connectivity index (χ4n) is 5.74. The van der Waals surface area contributed by atoms with Gasteiger partial charge in [-0.15, -0.1) is 0 Å². The summed E-state index contributed by atoms with van der Waals surface area (Å²) < 4.78 is 11.2. The maximum absolute atomic E-state index is 13.2. The molecule has 5 rings (SSSR count). The van der Waals surface area contributed by atoms with E-state index in [4.69, 9.17) is 9.47 Å². The molecule has 6 nitrogen and oxygen atoms in total. The minimum absolute atomic E-state index is 0.0664. The second kappa shape index (κ2) is 12.7. The third-order valence-electron chi connectivity index (χ3n) is 7.70. The summed E-state index contributed by atoms with van der Waals surface area (Å²) in [7, 11) is 1.41. The van der Waals surface area contributed by atoms with Crippen LogP contribution in [0, 0.1) is 0 Å². The molecule has 6 heteroatoms. The van der Waals surface area contributed by atoms with Crippen molar-refractivity contribution in [3.8, 4) is 5.75 Å². The van der Waals surface area contributed by atoms with Gasteiger partial charge in [0.05, 0.1) is 18.7 Å². The van der Waals surface area contributed by atoms with Crippen molar-refractivity contribution in [1.29, 1.82) is 0 Å². The van der Waals surface area contributed by atoms with Gasteiger partial charge in [-0.05, 0) is 72.9 Å². The number of hydrogen-bond donors (Lipinski definition) is 1.